The first-order valence-corrected chi connectivity index (χ1v) is 4.44. The van der Waals surface area contributed by atoms with E-state index in [1.54, 1.807) is 6.07 Å². The van der Waals surface area contributed by atoms with Gasteiger partial charge in [0.2, 0.25) is 0 Å². The van der Waals surface area contributed by atoms with Crippen LogP contribution in [0.15, 0.2) is 18.2 Å². The van der Waals surface area contributed by atoms with Crippen LogP contribution >= 0.6 is 11.6 Å². The zero-order valence-electron chi connectivity index (χ0n) is 7.42. The van der Waals surface area contributed by atoms with Crippen LogP contribution < -0.4 is 0 Å². The van der Waals surface area contributed by atoms with Crippen molar-refractivity contribution < 1.29 is 5.11 Å². The van der Waals surface area contributed by atoms with Gasteiger partial charge in [0, 0.05) is 18.1 Å². The van der Waals surface area contributed by atoms with E-state index in [-0.39, 0.29) is 12.5 Å². The second-order valence-electron chi connectivity index (χ2n) is 2.94. The molecule has 0 aliphatic rings. The molecule has 0 amide bonds. The first-order chi connectivity index (χ1) is 6.20. The third-order valence-corrected chi connectivity index (χ3v) is 2.41. The molecule has 0 aliphatic heterocycles. The molecule has 0 heterocycles. The van der Waals surface area contributed by atoms with Gasteiger partial charge >= 0.3 is 0 Å². The van der Waals surface area contributed by atoms with Crippen LogP contribution in [0, 0.1) is 12.3 Å². The molecule has 2 heteroatoms. The maximum atomic E-state index is 8.97. The fourth-order valence-corrected chi connectivity index (χ4v) is 1.51. The van der Waals surface area contributed by atoms with E-state index in [9.17, 15) is 0 Å². The molecule has 0 fully saturated rings. The number of hydrogen-bond acceptors (Lipinski definition) is 1. The molecule has 13 heavy (non-hydrogen) atoms. The van der Waals surface area contributed by atoms with Gasteiger partial charge in [-0.15, -0.1) is 6.42 Å². The Kier molecular flexibility index (Phi) is 3.36. The lowest BCUT2D eigenvalue weighted by Gasteiger charge is -2.11. The normalized spacial score (nSPS) is 12.2. The summed E-state index contributed by atoms with van der Waals surface area (Å²) in [5.41, 5.74) is 1.58. The van der Waals surface area contributed by atoms with Gasteiger partial charge < -0.3 is 5.11 Å². The Hall–Kier alpha value is -0.970. The fraction of sp³-hybridized carbons (Fsp3) is 0.273. The maximum Gasteiger partial charge on any atom is 0.0597 e. The minimum absolute atomic E-state index is 0.0285. The van der Waals surface area contributed by atoms with Gasteiger partial charge in [0.25, 0.3) is 0 Å². The van der Waals surface area contributed by atoms with Gasteiger partial charge in [-0.25, -0.2) is 0 Å². The van der Waals surface area contributed by atoms with Crippen LogP contribution in [0.25, 0.3) is 0 Å². The summed E-state index contributed by atoms with van der Waals surface area (Å²) in [5, 5.41) is 9.54. The second-order valence-corrected chi connectivity index (χ2v) is 3.31. The zero-order chi connectivity index (χ0) is 9.84. The highest BCUT2D eigenvalue weighted by atomic mass is 35.5. The van der Waals surface area contributed by atoms with Crippen molar-refractivity contribution in [3.8, 4) is 12.3 Å². The van der Waals surface area contributed by atoms with E-state index in [0.717, 1.165) is 5.56 Å². The molecule has 1 aromatic carbocycles. The van der Waals surface area contributed by atoms with Gasteiger partial charge in [-0.3, -0.25) is 0 Å². The maximum absolute atomic E-state index is 8.97. The second kappa shape index (κ2) is 4.32. The number of aliphatic hydroxyl groups is 1. The molecule has 0 saturated carbocycles. The smallest absolute Gasteiger partial charge is 0.0597 e. The molecule has 0 radical (unpaired) electrons. The first-order valence-electron chi connectivity index (χ1n) is 4.06. The number of halogens is 1. The predicted octanol–water partition coefficient (Wildman–Crippen LogP) is 2.42. The Bertz CT molecular complexity index is 338. The van der Waals surface area contributed by atoms with Crippen LogP contribution in [-0.2, 0) is 0 Å². The summed E-state index contributed by atoms with van der Waals surface area (Å²) in [6.45, 7) is 1.98. The average Bonchev–Trinajstić information content (AvgIpc) is 2.17. The lowest BCUT2D eigenvalue weighted by molar-refractivity contribution is 0.273. The lowest BCUT2D eigenvalue weighted by Crippen LogP contribution is -2.00. The van der Waals surface area contributed by atoms with E-state index >= 15 is 0 Å². The Morgan fingerprint density at radius 3 is 2.85 bits per heavy atom. The minimum Gasteiger partial charge on any atom is -0.396 e. The van der Waals surface area contributed by atoms with Gasteiger partial charge in [0.15, 0.2) is 0 Å². The van der Waals surface area contributed by atoms with Gasteiger partial charge in [-0.2, -0.15) is 0 Å². The molecule has 0 saturated heterocycles. The van der Waals surface area contributed by atoms with Crippen LogP contribution in [0.3, 0.4) is 0 Å². The topological polar surface area (TPSA) is 20.2 Å². The van der Waals surface area contributed by atoms with Crippen LogP contribution in [-0.4, -0.2) is 11.7 Å². The highest BCUT2D eigenvalue weighted by Gasteiger charge is 2.10. The molecule has 0 aromatic heterocycles. The van der Waals surface area contributed by atoms with Crippen molar-refractivity contribution in [2.45, 2.75) is 12.8 Å². The number of rotatable bonds is 2. The molecule has 1 nitrogen and oxygen atoms in total. The number of terminal acetylenes is 1. The standard InChI is InChI=1S/C11H11ClO/c1-3-9-5-4-6-10(11(9)12)8(2)7-13/h1,4-6,8,13H,7H2,2H3. The lowest BCUT2D eigenvalue weighted by atomic mass is 10.00. The molecule has 1 unspecified atom stereocenters. The number of benzene rings is 1. The third kappa shape index (κ3) is 2.03. The summed E-state index contributed by atoms with van der Waals surface area (Å²) in [6, 6.07) is 5.52. The molecule has 1 aromatic rings. The monoisotopic (exact) mass is 194 g/mol. The highest BCUT2D eigenvalue weighted by Crippen LogP contribution is 2.26. The summed E-state index contributed by atoms with van der Waals surface area (Å²) < 4.78 is 0. The molecule has 0 bridgehead atoms. The van der Waals surface area contributed by atoms with Gasteiger partial charge in [-0.05, 0) is 11.6 Å². The SMILES string of the molecule is C#Cc1cccc(C(C)CO)c1Cl. The highest BCUT2D eigenvalue weighted by molar-refractivity contribution is 6.32. The van der Waals surface area contributed by atoms with Crippen molar-refractivity contribution in [3.63, 3.8) is 0 Å². The van der Waals surface area contributed by atoms with Crippen LogP contribution in [0.4, 0.5) is 0 Å². The molecular formula is C11H11ClO. The average molecular weight is 195 g/mol. The molecule has 0 spiro atoms. The summed E-state index contributed by atoms with van der Waals surface area (Å²) in [4.78, 5) is 0. The molecular weight excluding hydrogens is 184 g/mol. The molecule has 1 atom stereocenters. The van der Waals surface area contributed by atoms with Gasteiger partial charge in [0.05, 0.1) is 5.02 Å². The number of aliphatic hydroxyl groups excluding tert-OH is 1. The van der Waals surface area contributed by atoms with E-state index in [1.165, 1.54) is 0 Å². The Morgan fingerprint density at radius 2 is 2.31 bits per heavy atom. The van der Waals surface area contributed by atoms with Gasteiger partial charge in [-0.1, -0.05) is 36.6 Å². The molecule has 1 rings (SSSR count). The van der Waals surface area contributed by atoms with Crippen molar-refractivity contribution in [1.82, 2.24) is 0 Å². The van der Waals surface area contributed by atoms with Crippen molar-refractivity contribution in [3.05, 3.63) is 34.3 Å². The minimum atomic E-state index is 0.0285. The van der Waals surface area contributed by atoms with Crippen LogP contribution in [0.1, 0.15) is 24.0 Å². The Balaban J connectivity index is 3.17. The van der Waals surface area contributed by atoms with Crippen LogP contribution in [0.2, 0.25) is 5.02 Å². The molecule has 1 N–H and O–H groups in total. The van der Waals surface area contributed by atoms with Crippen molar-refractivity contribution in [2.24, 2.45) is 0 Å². The third-order valence-electron chi connectivity index (χ3n) is 1.99. The van der Waals surface area contributed by atoms with Crippen LogP contribution in [0.5, 0.6) is 0 Å². The van der Waals surface area contributed by atoms with Crippen molar-refractivity contribution in [1.29, 1.82) is 0 Å². The summed E-state index contributed by atoms with van der Waals surface area (Å²) >= 11 is 6.03. The van der Waals surface area contributed by atoms with E-state index in [2.05, 4.69) is 5.92 Å². The van der Waals surface area contributed by atoms with E-state index in [4.69, 9.17) is 23.1 Å². The van der Waals surface area contributed by atoms with E-state index < -0.39 is 0 Å². The first kappa shape index (κ1) is 10.1. The Morgan fingerprint density at radius 1 is 1.62 bits per heavy atom. The summed E-state index contributed by atoms with van der Waals surface area (Å²) in [6.07, 6.45) is 5.26. The summed E-state index contributed by atoms with van der Waals surface area (Å²) in [5.74, 6) is 2.53. The van der Waals surface area contributed by atoms with E-state index in [1.807, 2.05) is 19.1 Å². The Labute approximate surface area is 83.4 Å². The predicted molar refractivity (Wildman–Crippen MR) is 54.9 cm³/mol. The van der Waals surface area contributed by atoms with E-state index in [0.29, 0.717) is 10.6 Å². The fourth-order valence-electron chi connectivity index (χ4n) is 1.14. The zero-order valence-corrected chi connectivity index (χ0v) is 8.17. The van der Waals surface area contributed by atoms with Crippen molar-refractivity contribution >= 4 is 11.6 Å². The quantitative estimate of drug-likeness (QED) is 0.717. The van der Waals surface area contributed by atoms with Crippen molar-refractivity contribution in [2.75, 3.05) is 6.61 Å². The summed E-state index contributed by atoms with van der Waals surface area (Å²) in [7, 11) is 0. The van der Waals surface area contributed by atoms with Gasteiger partial charge in [0.1, 0.15) is 0 Å². The number of hydrogen-bond donors (Lipinski definition) is 1. The molecule has 68 valence electrons. The molecule has 0 aliphatic carbocycles. The largest absolute Gasteiger partial charge is 0.396 e.